The predicted octanol–water partition coefficient (Wildman–Crippen LogP) is 4.61. The van der Waals surface area contributed by atoms with Crippen molar-refractivity contribution in [1.82, 2.24) is 4.90 Å². The first-order chi connectivity index (χ1) is 8.14. The van der Waals surface area contributed by atoms with Gasteiger partial charge in [-0.15, -0.1) is 0 Å². The van der Waals surface area contributed by atoms with Crippen LogP contribution in [0.1, 0.15) is 38.1 Å². The lowest BCUT2D eigenvalue weighted by atomic mass is 9.87. The van der Waals surface area contributed by atoms with Gasteiger partial charge in [0.1, 0.15) is 0 Å². The summed E-state index contributed by atoms with van der Waals surface area (Å²) in [5, 5.41) is 0.553. The number of hydrogen-bond acceptors (Lipinski definition) is 1. The van der Waals surface area contributed by atoms with Gasteiger partial charge in [0, 0.05) is 23.1 Å². The van der Waals surface area contributed by atoms with Crippen LogP contribution in [0.3, 0.4) is 0 Å². The molecule has 0 N–H and O–H groups in total. The van der Waals surface area contributed by atoms with Crippen LogP contribution >= 0.6 is 27.5 Å². The van der Waals surface area contributed by atoms with Crippen LogP contribution in [0.25, 0.3) is 0 Å². The highest BCUT2D eigenvalue weighted by atomic mass is 79.9. The molecule has 0 saturated heterocycles. The molecule has 4 heteroatoms. The van der Waals surface area contributed by atoms with E-state index in [4.69, 9.17) is 11.6 Å². The van der Waals surface area contributed by atoms with Crippen molar-refractivity contribution in [2.75, 3.05) is 7.05 Å². The van der Waals surface area contributed by atoms with E-state index in [1.165, 1.54) is 0 Å². The number of nitrogens with zero attached hydrogens (tertiary/aromatic N) is 1. The Morgan fingerprint density at radius 1 is 1.39 bits per heavy atom. The molecule has 0 fully saturated rings. The smallest absolute Gasteiger partial charge is 0.253 e. The maximum absolute atomic E-state index is 12.3. The zero-order valence-corrected chi connectivity index (χ0v) is 13.8. The molecule has 0 heterocycles. The minimum absolute atomic E-state index is 0.00757. The van der Waals surface area contributed by atoms with Crippen LogP contribution in [0, 0.1) is 5.41 Å². The summed E-state index contributed by atoms with van der Waals surface area (Å²) in [6.45, 7) is 8.42. The average molecular weight is 333 g/mol. The lowest BCUT2D eigenvalue weighted by Crippen LogP contribution is -2.42. The molecule has 2 nitrogen and oxygen atoms in total. The van der Waals surface area contributed by atoms with Crippen LogP contribution < -0.4 is 0 Å². The first kappa shape index (κ1) is 15.5. The molecule has 18 heavy (non-hydrogen) atoms. The van der Waals surface area contributed by atoms with Crippen LogP contribution in [0.4, 0.5) is 0 Å². The Balaban J connectivity index is 2.97. The molecule has 1 aromatic rings. The molecule has 0 aliphatic carbocycles. The topological polar surface area (TPSA) is 20.3 Å². The number of amides is 1. The molecule has 0 aromatic heterocycles. The largest absolute Gasteiger partial charge is 0.338 e. The molecule has 1 unspecified atom stereocenters. The third-order valence-electron chi connectivity index (χ3n) is 3.32. The van der Waals surface area contributed by atoms with Gasteiger partial charge in [0.05, 0.1) is 5.02 Å². The van der Waals surface area contributed by atoms with Gasteiger partial charge in [-0.3, -0.25) is 4.79 Å². The fourth-order valence-electron chi connectivity index (χ4n) is 1.59. The Morgan fingerprint density at radius 2 is 1.94 bits per heavy atom. The van der Waals surface area contributed by atoms with Gasteiger partial charge in [-0.25, -0.2) is 0 Å². The minimum Gasteiger partial charge on any atom is -0.338 e. The molecule has 0 spiro atoms. The van der Waals surface area contributed by atoms with Crippen LogP contribution in [0.15, 0.2) is 22.7 Å². The molecular formula is C14H19BrClNO. The zero-order valence-electron chi connectivity index (χ0n) is 11.4. The Kier molecular flexibility index (Phi) is 4.84. The Morgan fingerprint density at radius 3 is 2.39 bits per heavy atom. The molecule has 1 amide bonds. The van der Waals surface area contributed by atoms with E-state index in [2.05, 4.69) is 43.6 Å². The number of benzene rings is 1. The maximum atomic E-state index is 12.3. The maximum Gasteiger partial charge on any atom is 0.253 e. The molecule has 0 radical (unpaired) electrons. The van der Waals surface area contributed by atoms with E-state index in [9.17, 15) is 4.79 Å². The second kappa shape index (κ2) is 5.62. The van der Waals surface area contributed by atoms with Crippen molar-refractivity contribution in [1.29, 1.82) is 0 Å². The van der Waals surface area contributed by atoms with Crippen molar-refractivity contribution in [2.45, 2.75) is 33.7 Å². The molecule has 0 aliphatic heterocycles. The van der Waals surface area contributed by atoms with E-state index < -0.39 is 0 Å². The van der Waals surface area contributed by atoms with Gasteiger partial charge >= 0.3 is 0 Å². The highest BCUT2D eigenvalue weighted by Gasteiger charge is 2.27. The van der Waals surface area contributed by atoms with Gasteiger partial charge < -0.3 is 4.90 Å². The quantitative estimate of drug-likeness (QED) is 0.774. The SMILES string of the molecule is CC(N(C)C(=O)c1ccc(Br)c(Cl)c1)C(C)(C)C. The van der Waals surface area contributed by atoms with Gasteiger partial charge in [0.25, 0.3) is 5.91 Å². The second-order valence-corrected chi connectivity index (χ2v) is 6.85. The normalized spacial score (nSPS) is 13.3. The fourth-order valence-corrected chi connectivity index (χ4v) is 2.02. The summed E-state index contributed by atoms with van der Waals surface area (Å²) in [7, 11) is 1.83. The van der Waals surface area contributed by atoms with Crippen molar-refractivity contribution in [3.05, 3.63) is 33.3 Å². The summed E-state index contributed by atoms with van der Waals surface area (Å²) in [5.41, 5.74) is 0.658. The average Bonchev–Trinajstić information content (AvgIpc) is 2.28. The monoisotopic (exact) mass is 331 g/mol. The highest BCUT2D eigenvalue weighted by molar-refractivity contribution is 9.10. The van der Waals surface area contributed by atoms with Crippen molar-refractivity contribution in [3.63, 3.8) is 0 Å². The molecule has 100 valence electrons. The van der Waals surface area contributed by atoms with E-state index >= 15 is 0 Å². The summed E-state index contributed by atoms with van der Waals surface area (Å²) in [6, 6.07) is 5.42. The Labute approximate surface area is 122 Å². The number of carbonyl (C=O) groups excluding carboxylic acids is 1. The molecule has 1 aromatic carbocycles. The van der Waals surface area contributed by atoms with Crippen LogP contribution in [-0.4, -0.2) is 23.9 Å². The van der Waals surface area contributed by atoms with Gasteiger partial charge in [-0.1, -0.05) is 32.4 Å². The first-order valence-electron chi connectivity index (χ1n) is 5.87. The molecular weight excluding hydrogens is 314 g/mol. The van der Waals surface area contributed by atoms with Crippen molar-refractivity contribution in [2.24, 2.45) is 5.41 Å². The summed E-state index contributed by atoms with van der Waals surface area (Å²) in [6.07, 6.45) is 0. The van der Waals surface area contributed by atoms with E-state index in [0.29, 0.717) is 10.6 Å². The lowest BCUT2D eigenvalue weighted by molar-refractivity contribution is 0.0629. The molecule has 0 bridgehead atoms. The van der Waals surface area contributed by atoms with Crippen molar-refractivity contribution < 1.29 is 4.79 Å². The van der Waals surface area contributed by atoms with Gasteiger partial charge in [-0.2, -0.15) is 0 Å². The first-order valence-corrected chi connectivity index (χ1v) is 7.04. The molecule has 0 saturated carbocycles. The third kappa shape index (κ3) is 3.48. The van der Waals surface area contributed by atoms with Gasteiger partial charge in [0.15, 0.2) is 0 Å². The molecule has 1 atom stereocenters. The van der Waals surface area contributed by atoms with E-state index in [1.807, 2.05) is 7.05 Å². The van der Waals surface area contributed by atoms with E-state index in [0.717, 1.165) is 4.47 Å². The standard InChI is InChI=1S/C14H19BrClNO/c1-9(14(2,3)4)17(5)13(18)10-6-7-11(15)12(16)8-10/h6-9H,1-5H3. The fraction of sp³-hybridized carbons (Fsp3) is 0.500. The molecule has 0 aliphatic rings. The Bertz CT molecular complexity index is 454. The van der Waals surface area contributed by atoms with Crippen LogP contribution in [-0.2, 0) is 0 Å². The van der Waals surface area contributed by atoms with E-state index in [1.54, 1.807) is 23.1 Å². The van der Waals surface area contributed by atoms with Crippen molar-refractivity contribution in [3.8, 4) is 0 Å². The minimum atomic E-state index is -0.00757. The highest BCUT2D eigenvalue weighted by Crippen LogP contribution is 2.27. The number of halogens is 2. The second-order valence-electron chi connectivity index (χ2n) is 5.59. The summed E-state index contributed by atoms with van der Waals surface area (Å²) in [4.78, 5) is 14.1. The predicted molar refractivity (Wildman–Crippen MR) is 80.2 cm³/mol. The van der Waals surface area contributed by atoms with Crippen molar-refractivity contribution >= 4 is 33.4 Å². The number of hydrogen-bond donors (Lipinski definition) is 0. The number of carbonyl (C=O) groups is 1. The summed E-state index contributed by atoms with van der Waals surface area (Å²) < 4.78 is 0.798. The zero-order chi connectivity index (χ0) is 14.1. The summed E-state index contributed by atoms with van der Waals surface area (Å²) in [5.74, 6) is -0.00757. The molecule has 1 rings (SSSR count). The third-order valence-corrected chi connectivity index (χ3v) is 4.55. The van der Waals surface area contributed by atoms with Crippen LogP contribution in [0.2, 0.25) is 5.02 Å². The van der Waals surface area contributed by atoms with E-state index in [-0.39, 0.29) is 17.4 Å². The van der Waals surface area contributed by atoms with Crippen LogP contribution in [0.5, 0.6) is 0 Å². The lowest BCUT2D eigenvalue weighted by Gasteiger charge is -2.35. The van der Waals surface area contributed by atoms with Gasteiger partial charge in [-0.05, 0) is 46.5 Å². The van der Waals surface area contributed by atoms with Gasteiger partial charge in [0.2, 0.25) is 0 Å². The Hall–Kier alpha value is -0.540. The number of rotatable bonds is 2. The summed E-state index contributed by atoms with van der Waals surface area (Å²) >= 11 is 9.33.